The zero-order valence-corrected chi connectivity index (χ0v) is 7.35. The van der Waals surface area contributed by atoms with Crippen LogP contribution in [0.25, 0.3) is 4.85 Å². The minimum absolute atomic E-state index is 0.167. The van der Waals surface area contributed by atoms with E-state index in [0.717, 1.165) is 0 Å². The van der Waals surface area contributed by atoms with Crippen molar-refractivity contribution < 1.29 is 0 Å². The lowest BCUT2D eigenvalue weighted by Crippen LogP contribution is -1.72. The quantitative estimate of drug-likeness (QED) is 0.392. The zero-order valence-electron chi connectivity index (χ0n) is 5.78. The third-order valence-corrected chi connectivity index (χ3v) is 1.46. The number of pyridine rings is 1. The highest BCUT2D eigenvalue weighted by atomic mass is 35.5. The lowest BCUT2D eigenvalue weighted by atomic mass is 10.4. The van der Waals surface area contributed by atoms with E-state index in [9.17, 15) is 0 Å². The molecule has 1 rings (SSSR count). The Balaban J connectivity index is 3.20. The van der Waals surface area contributed by atoms with Crippen molar-refractivity contribution in [2.75, 3.05) is 0 Å². The van der Waals surface area contributed by atoms with E-state index in [-0.39, 0.29) is 10.8 Å². The van der Waals surface area contributed by atoms with Gasteiger partial charge in [-0.15, -0.1) is 4.98 Å². The SMILES string of the molecule is [C-]#[N+]c1ncc(N=C=S)cc1Cl. The molecule has 12 heavy (non-hydrogen) atoms. The van der Waals surface area contributed by atoms with E-state index >= 15 is 0 Å². The standard InChI is InChI=1S/C7H2ClN3S/c1-9-7-6(8)2-5(3-10-7)11-4-12/h2-3H. The van der Waals surface area contributed by atoms with Gasteiger partial charge in [-0.1, -0.05) is 18.2 Å². The highest BCUT2D eigenvalue weighted by molar-refractivity contribution is 7.78. The Bertz CT molecular complexity index is 390. The third kappa shape index (κ3) is 1.86. The molecule has 0 saturated carbocycles. The molecule has 0 N–H and O–H groups in total. The molecule has 0 aliphatic rings. The summed E-state index contributed by atoms with van der Waals surface area (Å²) in [5.41, 5.74) is 0.502. The van der Waals surface area contributed by atoms with Crippen molar-refractivity contribution in [3.05, 3.63) is 28.7 Å². The molecule has 1 heterocycles. The number of nitrogens with zero attached hydrogens (tertiary/aromatic N) is 3. The van der Waals surface area contributed by atoms with Crippen molar-refractivity contribution in [3.8, 4) is 0 Å². The molecule has 0 atom stereocenters. The molecule has 0 aromatic carbocycles. The molecule has 0 amide bonds. The number of aliphatic imine (C=N–C) groups is 1. The van der Waals surface area contributed by atoms with E-state index in [1.165, 1.54) is 12.3 Å². The summed E-state index contributed by atoms with van der Waals surface area (Å²) in [6, 6.07) is 1.52. The average molecular weight is 196 g/mol. The van der Waals surface area contributed by atoms with Crippen LogP contribution in [0.15, 0.2) is 17.3 Å². The van der Waals surface area contributed by atoms with Crippen LogP contribution in [0.5, 0.6) is 0 Å². The summed E-state index contributed by atoms with van der Waals surface area (Å²) in [4.78, 5) is 10.5. The Labute approximate surface area is 79.5 Å². The van der Waals surface area contributed by atoms with Gasteiger partial charge >= 0.3 is 0 Å². The summed E-state index contributed by atoms with van der Waals surface area (Å²) in [5.74, 6) is 0.167. The Morgan fingerprint density at radius 3 is 3.00 bits per heavy atom. The smallest absolute Gasteiger partial charge is 0.288 e. The van der Waals surface area contributed by atoms with Crippen LogP contribution in [0.2, 0.25) is 5.02 Å². The first-order valence-electron chi connectivity index (χ1n) is 2.89. The van der Waals surface area contributed by atoms with E-state index in [1.807, 2.05) is 0 Å². The number of hydrogen-bond donors (Lipinski definition) is 0. The number of isothiocyanates is 1. The molecule has 0 aliphatic carbocycles. The highest BCUT2D eigenvalue weighted by Gasteiger charge is 2.02. The molecule has 1 aromatic rings. The summed E-state index contributed by atoms with van der Waals surface area (Å²) in [6.07, 6.45) is 1.42. The van der Waals surface area contributed by atoms with Gasteiger partial charge in [-0.2, -0.15) is 4.99 Å². The minimum Gasteiger partial charge on any atom is -0.359 e. The van der Waals surface area contributed by atoms with Gasteiger partial charge in [0.05, 0.1) is 10.2 Å². The summed E-state index contributed by atoms with van der Waals surface area (Å²) >= 11 is 10.1. The van der Waals surface area contributed by atoms with Crippen molar-refractivity contribution in [3.63, 3.8) is 0 Å². The van der Waals surface area contributed by atoms with Gasteiger partial charge in [0.25, 0.3) is 5.82 Å². The monoisotopic (exact) mass is 195 g/mol. The van der Waals surface area contributed by atoms with Crippen LogP contribution < -0.4 is 0 Å². The van der Waals surface area contributed by atoms with Crippen molar-refractivity contribution >= 4 is 40.5 Å². The van der Waals surface area contributed by atoms with E-state index in [1.54, 1.807) is 0 Å². The molecule has 0 radical (unpaired) electrons. The predicted molar refractivity (Wildman–Crippen MR) is 50.2 cm³/mol. The molecule has 5 heteroatoms. The van der Waals surface area contributed by atoms with Gasteiger partial charge < -0.3 is 4.85 Å². The molecule has 0 fully saturated rings. The van der Waals surface area contributed by atoms with Crippen LogP contribution in [0.4, 0.5) is 11.5 Å². The van der Waals surface area contributed by atoms with Crippen LogP contribution in [0.3, 0.4) is 0 Å². The van der Waals surface area contributed by atoms with E-state index < -0.39 is 0 Å². The molecule has 1 aromatic heterocycles. The van der Waals surface area contributed by atoms with Crippen LogP contribution in [-0.4, -0.2) is 10.1 Å². The van der Waals surface area contributed by atoms with Crippen molar-refractivity contribution in [1.82, 2.24) is 4.98 Å². The fourth-order valence-electron chi connectivity index (χ4n) is 0.617. The molecule has 0 unspecified atom stereocenters. The van der Waals surface area contributed by atoms with Gasteiger partial charge in [-0.25, -0.2) is 0 Å². The van der Waals surface area contributed by atoms with E-state index in [4.69, 9.17) is 18.2 Å². The Morgan fingerprint density at radius 1 is 1.75 bits per heavy atom. The third-order valence-electron chi connectivity index (χ3n) is 1.09. The molecule has 3 nitrogen and oxygen atoms in total. The molecular weight excluding hydrogens is 194 g/mol. The van der Waals surface area contributed by atoms with Crippen LogP contribution in [0.1, 0.15) is 0 Å². The zero-order chi connectivity index (χ0) is 8.97. The molecular formula is C7H2ClN3S. The maximum absolute atomic E-state index is 6.67. The first-order chi connectivity index (χ1) is 5.77. The maximum atomic E-state index is 6.67. The van der Waals surface area contributed by atoms with Gasteiger partial charge in [0.2, 0.25) is 0 Å². The maximum Gasteiger partial charge on any atom is 0.288 e. The topological polar surface area (TPSA) is 29.6 Å². The normalized spacial score (nSPS) is 8.33. The van der Waals surface area contributed by atoms with Crippen molar-refractivity contribution in [2.45, 2.75) is 0 Å². The minimum atomic E-state index is 0.167. The average Bonchev–Trinajstić information content (AvgIpc) is 2.05. The molecule has 0 bridgehead atoms. The van der Waals surface area contributed by atoms with Crippen molar-refractivity contribution in [2.24, 2.45) is 4.99 Å². The summed E-state index contributed by atoms with van der Waals surface area (Å²) in [5, 5.41) is 2.46. The number of thiocarbonyl (C=S) groups is 1. The van der Waals surface area contributed by atoms with E-state index in [2.05, 4.69) is 32.2 Å². The lowest BCUT2D eigenvalue weighted by molar-refractivity contribution is 1.33. The molecule has 0 aliphatic heterocycles. The number of halogens is 1. The number of rotatable bonds is 1. The Hall–Kier alpha value is -1.27. The van der Waals surface area contributed by atoms with E-state index in [0.29, 0.717) is 5.69 Å². The molecule has 58 valence electrons. The molecule has 0 spiro atoms. The van der Waals surface area contributed by atoms with Crippen LogP contribution in [-0.2, 0) is 0 Å². The van der Waals surface area contributed by atoms with Crippen molar-refractivity contribution in [1.29, 1.82) is 0 Å². The second-order valence-electron chi connectivity index (χ2n) is 1.81. The van der Waals surface area contributed by atoms with Crippen LogP contribution >= 0.6 is 23.8 Å². The first-order valence-corrected chi connectivity index (χ1v) is 3.67. The van der Waals surface area contributed by atoms with Crippen LogP contribution in [0, 0.1) is 6.57 Å². The fraction of sp³-hybridized carbons (Fsp3) is 0. The first kappa shape index (κ1) is 8.82. The second kappa shape index (κ2) is 3.93. The van der Waals surface area contributed by atoms with Gasteiger partial charge in [-0.05, 0) is 18.3 Å². The van der Waals surface area contributed by atoms with Gasteiger partial charge in [-0.3, -0.25) is 0 Å². The highest BCUT2D eigenvalue weighted by Crippen LogP contribution is 2.25. The van der Waals surface area contributed by atoms with Gasteiger partial charge in [0, 0.05) is 0 Å². The second-order valence-corrected chi connectivity index (χ2v) is 2.40. The number of hydrogen-bond acceptors (Lipinski definition) is 3. The van der Waals surface area contributed by atoms with Gasteiger partial charge in [0.15, 0.2) is 0 Å². The largest absolute Gasteiger partial charge is 0.359 e. The Morgan fingerprint density at radius 2 is 2.50 bits per heavy atom. The molecule has 0 saturated heterocycles. The summed E-state index contributed by atoms with van der Waals surface area (Å²) < 4.78 is 0. The number of aromatic nitrogens is 1. The predicted octanol–water partition coefficient (Wildman–Crippen LogP) is 3.02. The summed E-state index contributed by atoms with van der Waals surface area (Å²) in [7, 11) is 0. The fourth-order valence-corrected chi connectivity index (χ4v) is 0.925. The lowest BCUT2D eigenvalue weighted by Gasteiger charge is -1.92. The van der Waals surface area contributed by atoms with Gasteiger partial charge in [0.1, 0.15) is 11.9 Å². The summed E-state index contributed by atoms with van der Waals surface area (Å²) in [6.45, 7) is 6.67. The Kier molecular flexibility index (Phi) is 2.89.